The summed E-state index contributed by atoms with van der Waals surface area (Å²) in [4.78, 5) is 77.5. The highest BCUT2D eigenvalue weighted by Gasteiger charge is 2.36. The number of aromatic nitrogens is 12. The number of ether oxygens (including phenoxy) is 2. The van der Waals surface area contributed by atoms with Gasteiger partial charge in [-0.05, 0) is 189 Å². The number of nitrogens with one attached hydrogen (secondary N) is 3. The molecule has 6 aromatic heterocycles. The smallest absolute Gasteiger partial charge is 0.444 e. The molecule has 0 unspecified atom stereocenters. The number of hydrogen-bond acceptors (Lipinski definition) is 27. The van der Waals surface area contributed by atoms with E-state index < -0.39 is 24.4 Å². The number of nitrogens with two attached hydrogens (primary N) is 3. The van der Waals surface area contributed by atoms with Gasteiger partial charge in [0.25, 0.3) is 0 Å². The van der Waals surface area contributed by atoms with Gasteiger partial charge in [-0.25, -0.2) is 64.4 Å². The second-order valence-electron chi connectivity index (χ2n) is 33.0. The van der Waals surface area contributed by atoms with Crippen molar-refractivity contribution in [3.8, 4) is 74.5 Å². The summed E-state index contributed by atoms with van der Waals surface area (Å²) >= 11 is 99.5. The zero-order chi connectivity index (χ0) is 103. The minimum absolute atomic E-state index is 0.113. The van der Waals surface area contributed by atoms with E-state index in [-0.39, 0.29) is 66.4 Å². The number of alkyl carbamates (subject to hydrolysis) is 2. The van der Waals surface area contributed by atoms with Crippen LogP contribution in [0.1, 0.15) is 118 Å². The van der Waals surface area contributed by atoms with E-state index in [9.17, 15) is 20.1 Å². The number of carbonyl (C=O) groups excluding carboxylic acids is 2. The van der Waals surface area contributed by atoms with Crippen LogP contribution in [-0.2, 0) is 9.47 Å². The molecule has 15 rings (SSSR count). The third kappa shape index (κ3) is 35.1. The van der Waals surface area contributed by atoms with Crippen LogP contribution in [0.15, 0.2) is 151 Å². The van der Waals surface area contributed by atoms with Crippen LogP contribution in [0, 0.1) is 37.7 Å². The molecular formula is C91H86BBrCl16IN23O6. The fourth-order valence-electron chi connectivity index (χ4n) is 12.7. The lowest BCUT2D eigenvalue weighted by Crippen LogP contribution is -2.54. The predicted octanol–water partition coefficient (Wildman–Crippen LogP) is 25.0. The zero-order valence-corrected chi connectivity index (χ0v) is 90.9. The molecule has 3 aliphatic heterocycles. The van der Waals surface area contributed by atoms with Crippen LogP contribution in [0.4, 0.5) is 32.9 Å². The maximum Gasteiger partial charge on any atom is 0.490 e. The first-order valence-corrected chi connectivity index (χ1v) is 49.2. The fraction of sp³-hybridized carbons (Fsp3) is 0.286. The molecule has 3 saturated heterocycles. The third-order valence-electron chi connectivity index (χ3n) is 19.8. The Balaban J connectivity index is 0.000000200. The molecule has 6 aromatic carbocycles. The first-order valence-electron chi connectivity index (χ1n) is 41.3. The summed E-state index contributed by atoms with van der Waals surface area (Å²) in [7, 11) is -1.57. The largest absolute Gasteiger partial charge is 0.490 e. The van der Waals surface area contributed by atoms with Crippen molar-refractivity contribution in [2.45, 2.75) is 129 Å². The standard InChI is InChI=1S/C22H25Cl2N5O2.C17H17Cl2N5.C11H4Cl3N3.C11H22N2O2.C10H4Cl3IN2.C10H6Cl3N3.C6H5BCl2O2.C4H3BrClN3/c1-21(2,3)31-20(30)28-22(4)8-10-29(11-9-22)17-13-26-19(16(12-25)27-17)14-6-5-7-15(23)18(14)24;1-17(21)5-7-24(8-6-17)14-10-22-16(13(9-20)23-14)11-3-2-4-12(18)15(11)19;12-7-3-1-2-6(10(7)14)11-8(4-15)17-9(13)5-16-11;1-10(2,3)15-9(14)13-11(4)5-7-12-8-6-11;2*11-6-3-1-2-5(8(6)13)9-10(14)16-7(12)4-15-9;8-5-3-1-2-4(6(5)9)7(10)11;5-3-4(7)9-2(6)1-8-3/h5-7,13H,8-11H2,1-4H3,(H,28,30);2-4,10H,5-8,21H2,1H3;1-3,5H;12H,5-8H2,1-4H3,(H,13,14);1-4H;1-4H,(H2,14,16);1-3,10-11H;1H,(H2,7,9). The Morgan fingerprint density at radius 1 is 0.432 bits per heavy atom. The Bertz CT molecular complexity index is 6380. The van der Waals surface area contributed by atoms with Crippen molar-refractivity contribution in [1.29, 1.82) is 15.8 Å². The van der Waals surface area contributed by atoms with Gasteiger partial charge in [-0.3, -0.25) is 4.98 Å². The second-order valence-corrected chi connectivity index (χ2v) is 41.0. The predicted molar refractivity (Wildman–Crippen MR) is 572 cm³/mol. The van der Waals surface area contributed by atoms with E-state index in [1.54, 1.807) is 103 Å². The van der Waals surface area contributed by atoms with Gasteiger partial charge in [-0.2, -0.15) is 15.8 Å². The summed E-state index contributed by atoms with van der Waals surface area (Å²) in [6.07, 6.45) is 13.3. The van der Waals surface area contributed by atoms with Crippen molar-refractivity contribution in [3.05, 3.63) is 253 Å². The summed E-state index contributed by atoms with van der Waals surface area (Å²) in [6.45, 7) is 22.1. The Morgan fingerprint density at radius 2 is 0.734 bits per heavy atom. The highest BCUT2D eigenvalue weighted by molar-refractivity contribution is 14.1. The SMILES string of the molecule is CC1(N)CCN(c2cnc(-c3cccc(Cl)c3Cl)c(C#N)n2)CC1.CC1(NC(=O)OC(C)(C)C)CCN(c2cnc(-c3cccc(Cl)c3Cl)c(C#N)n2)CC1.CC1(NC(=O)OC(C)(C)C)CCNCC1.Clc1cnc(-c2cccc(Cl)c2Cl)c(I)n1.N#Cc1nc(Cl)cnc1-c1cccc(Cl)c1Cl.Nc1nc(Cl)cnc1-c1cccc(Cl)c1Cl.Nc1nc(Cl)cnc1Br.OB(O)c1cccc(Cl)c1Cl. The lowest BCUT2D eigenvalue weighted by atomic mass is 9.80. The van der Waals surface area contributed by atoms with E-state index in [1.165, 1.54) is 30.9 Å². The van der Waals surface area contributed by atoms with Gasteiger partial charge >= 0.3 is 19.3 Å². The van der Waals surface area contributed by atoms with Crippen molar-refractivity contribution in [2.24, 2.45) is 5.73 Å². The number of hydrogen-bond donors (Lipinski definition) is 8. The average molecular weight is 2380 g/mol. The number of nitriles is 3. The number of nitrogen functional groups attached to an aromatic ring is 2. The summed E-state index contributed by atoms with van der Waals surface area (Å²) in [5.41, 5.74) is 21.8. The van der Waals surface area contributed by atoms with E-state index in [2.05, 4.69) is 150 Å². The van der Waals surface area contributed by atoms with E-state index in [0.717, 1.165) is 57.4 Å². The zero-order valence-electron chi connectivity index (χ0n) is 75.1. The number of halogens is 18. The molecule has 0 atom stereocenters. The van der Waals surface area contributed by atoms with Gasteiger partial charge in [-0.15, -0.1) is 0 Å². The van der Waals surface area contributed by atoms with E-state index in [0.29, 0.717) is 168 Å². The maximum absolute atomic E-state index is 12.2. The van der Waals surface area contributed by atoms with Gasteiger partial charge < -0.3 is 62.5 Å². The highest BCUT2D eigenvalue weighted by Crippen LogP contribution is 2.41. The Morgan fingerprint density at radius 3 is 1.08 bits per heavy atom. The molecule has 9 heterocycles. The topological polar surface area (TPSA) is 440 Å². The Hall–Kier alpha value is -8.24. The Labute approximate surface area is 905 Å². The molecule has 48 heteroatoms. The number of amides is 2. The van der Waals surface area contributed by atoms with Crippen LogP contribution in [0.25, 0.3) is 56.3 Å². The van der Waals surface area contributed by atoms with Crippen molar-refractivity contribution >= 4 is 272 Å². The van der Waals surface area contributed by atoms with Crippen molar-refractivity contribution in [3.63, 3.8) is 0 Å². The van der Waals surface area contributed by atoms with Crippen molar-refractivity contribution in [2.75, 3.05) is 60.5 Å². The molecule has 12 aromatic rings. The van der Waals surface area contributed by atoms with Gasteiger partial charge in [0.2, 0.25) is 0 Å². The molecular weight excluding hydrogens is 2300 g/mol. The first kappa shape index (κ1) is 116. The lowest BCUT2D eigenvalue weighted by Gasteiger charge is -2.40. The molecule has 2 amide bonds. The van der Waals surface area contributed by atoms with Gasteiger partial charge in [0, 0.05) is 76.1 Å². The molecule has 29 nitrogen and oxygen atoms in total. The number of benzene rings is 6. The quantitative estimate of drug-likeness (QED) is 0.0465. The van der Waals surface area contributed by atoms with Crippen LogP contribution >= 0.6 is 224 Å². The molecule has 0 radical (unpaired) electrons. The minimum atomic E-state index is -1.57. The molecule has 3 fully saturated rings. The molecule has 0 saturated carbocycles. The van der Waals surface area contributed by atoms with Gasteiger partial charge in [0.1, 0.15) is 98.4 Å². The number of rotatable bonds is 10. The normalized spacial score (nSPS) is 13.7. The summed E-state index contributed by atoms with van der Waals surface area (Å²) < 4.78 is 11.8. The van der Waals surface area contributed by atoms with Crippen LogP contribution in [0.2, 0.25) is 80.9 Å². The monoisotopic (exact) mass is 2370 g/mol. The molecule has 139 heavy (non-hydrogen) atoms. The fourth-order valence-corrected chi connectivity index (χ4v) is 16.6. The Kier molecular flexibility index (Phi) is 44.6. The molecule has 3 aliphatic rings. The molecule has 730 valence electrons. The van der Waals surface area contributed by atoms with Crippen LogP contribution in [0.5, 0.6) is 0 Å². The molecule has 0 aliphatic carbocycles. The van der Waals surface area contributed by atoms with Crippen molar-refractivity contribution < 1.29 is 29.1 Å². The minimum Gasteiger partial charge on any atom is -0.444 e. The number of nitrogens with zero attached hydrogens (tertiary/aromatic N) is 17. The third-order valence-corrected chi connectivity index (χ3v) is 26.8. The summed E-state index contributed by atoms with van der Waals surface area (Å²) in [6, 6.07) is 36.9. The maximum atomic E-state index is 12.2. The van der Waals surface area contributed by atoms with Crippen LogP contribution in [-0.4, -0.2) is 156 Å². The van der Waals surface area contributed by atoms with Gasteiger partial charge in [-0.1, -0.05) is 258 Å². The van der Waals surface area contributed by atoms with Gasteiger partial charge in [0.15, 0.2) is 28.7 Å². The summed E-state index contributed by atoms with van der Waals surface area (Å²) in [5, 5.41) is 60.4. The number of anilines is 4. The van der Waals surface area contributed by atoms with E-state index in [4.69, 9.17) is 228 Å². The first-order chi connectivity index (χ1) is 65.4. The highest BCUT2D eigenvalue weighted by atomic mass is 127. The van der Waals surface area contributed by atoms with Crippen LogP contribution in [0.3, 0.4) is 0 Å². The van der Waals surface area contributed by atoms with E-state index >= 15 is 0 Å². The molecule has 11 N–H and O–H groups in total. The second kappa shape index (κ2) is 53.4. The molecule has 0 spiro atoms. The van der Waals surface area contributed by atoms with Gasteiger partial charge in [0.05, 0.1) is 97.5 Å². The van der Waals surface area contributed by atoms with E-state index in [1.807, 2.05) is 66.7 Å². The van der Waals surface area contributed by atoms with Crippen molar-refractivity contribution in [1.82, 2.24) is 75.8 Å². The summed E-state index contributed by atoms with van der Waals surface area (Å²) in [5.74, 6) is 1.82. The van der Waals surface area contributed by atoms with Crippen LogP contribution < -0.4 is 48.4 Å². The number of piperidine rings is 3. The average Bonchev–Trinajstić information content (AvgIpc) is 0.773. The number of carbonyl (C=O) groups is 2. The lowest BCUT2D eigenvalue weighted by molar-refractivity contribution is 0.0433. The molecule has 0 bridgehead atoms.